The van der Waals surface area contributed by atoms with Crippen LogP contribution in [0.2, 0.25) is 0 Å². The molecule has 0 spiro atoms. The molecule has 0 aliphatic carbocycles. The molecule has 1 saturated heterocycles. The second-order valence-electron chi connectivity index (χ2n) is 5.77. The van der Waals surface area contributed by atoms with E-state index in [4.69, 9.17) is 4.74 Å². The molecular formula is C17H24N2O4. The predicted octanol–water partition coefficient (Wildman–Crippen LogP) is 2.72. The van der Waals surface area contributed by atoms with Crippen LogP contribution in [0.4, 0.5) is 10.5 Å². The lowest BCUT2D eigenvalue weighted by Gasteiger charge is -2.12. The molecule has 0 aromatic heterocycles. The molecule has 1 atom stereocenters. The molecular weight excluding hydrogens is 296 g/mol. The van der Waals surface area contributed by atoms with Gasteiger partial charge in [0.05, 0.1) is 12.7 Å². The van der Waals surface area contributed by atoms with Crippen molar-refractivity contribution in [3.05, 3.63) is 29.3 Å². The quantitative estimate of drug-likeness (QED) is 0.624. The Hall–Kier alpha value is -2.08. The van der Waals surface area contributed by atoms with Gasteiger partial charge in [-0.15, -0.1) is 0 Å². The van der Waals surface area contributed by atoms with E-state index in [9.17, 15) is 9.59 Å². The molecule has 1 unspecified atom stereocenters. The summed E-state index contributed by atoms with van der Waals surface area (Å²) in [6.45, 7) is 4.19. The monoisotopic (exact) mass is 320 g/mol. The number of carbonyl (C=O) groups is 2. The van der Waals surface area contributed by atoms with Crippen molar-refractivity contribution in [3.63, 3.8) is 0 Å². The van der Waals surface area contributed by atoms with Crippen LogP contribution in [0.15, 0.2) is 18.2 Å². The predicted molar refractivity (Wildman–Crippen MR) is 87.7 cm³/mol. The number of rotatable bonds is 6. The van der Waals surface area contributed by atoms with Crippen molar-refractivity contribution in [1.82, 2.24) is 5.32 Å². The number of benzene rings is 1. The lowest BCUT2D eigenvalue weighted by molar-refractivity contribution is 0.0600. The van der Waals surface area contributed by atoms with Gasteiger partial charge in [-0.2, -0.15) is 0 Å². The van der Waals surface area contributed by atoms with Crippen LogP contribution >= 0.6 is 0 Å². The van der Waals surface area contributed by atoms with E-state index >= 15 is 0 Å². The maximum atomic E-state index is 11.9. The van der Waals surface area contributed by atoms with Gasteiger partial charge in [-0.1, -0.05) is 6.07 Å². The Morgan fingerprint density at radius 3 is 2.91 bits per heavy atom. The Kier molecular flexibility index (Phi) is 6.40. The fraction of sp³-hybridized carbons (Fsp3) is 0.529. The molecule has 6 nitrogen and oxygen atoms in total. The average molecular weight is 320 g/mol. The third kappa shape index (κ3) is 5.25. The second-order valence-corrected chi connectivity index (χ2v) is 5.77. The molecule has 0 radical (unpaired) electrons. The Morgan fingerprint density at radius 2 is 2.22 bits per heavy atom. The Bertz CT molecular complexity index is 554. The molecule has 0 bridgehead atoms. The lowest BCUT2D eigenvalue weighted by atomic mass is 10.0. The molecule has 1 aromatic carbocycles. The Labute approximate surface area is 136 Å². The van der Waals surface area contributed by atoms with Crippen LogP contribution in [0.1, 0.15) is 35.2 Å². The van der Waals surface area contributed by atoms with Crippen LogP contribution in [0.5, 0.6) is 0 Å². The molecule has 1 aliphatic rings. The standard InChI is InChI=1S/C17H24N2O4/c1-12-5-6-14(16(20)22-2)10-15(12)19-17(21)18-8-3-4-13-7-9-23-11-13/h5-6,10,13H,3-4,7-9,11H2,1-2H3,(H2,18,19,21). The first kappa shape index (κ1) is 17.3. The second kappa shape index (κ2) is 8.53. The molecule has 126 valence electrons. The maximum Gasteiger partial charge on any atom is 0.337 e. The van der Waals surface area contributed by atoms with Gasteiger partial charge in [-0.05, 0) is 49.8 Å². The summed E-state index contributed by atoms with van der Waals surface area (Å²) in [5, 5.41) is 5.61. The summed E-state index contributed by atoms with van der Waals surface area (Å²) < 4.78 is 10.0. The summed E-state index contributed by atoms with van der Waals surface area (Å²) in [5.74, 6) is 0.200. The number of amides is 2. The van der Waals surface area contributed by atoms with Crippen molar-refractivity contribution in [2.75, 3.05) is 32.2 Å². The number of esters is 1. The molecule has 2 amide bonds. The third-order valence-corrected chi connectivity index (χ3v) is 4.01. The first-order valence-electron chi connectivity index (χ1n) is 7.91. The minimum atomic E-state index is -0.424. The number of ether oxygens (including phenoxy) is 2. The largest absolute Gasteiger partial charge is 0.465 e. The topological polar surface area (TPSA) is 76.7 Å². The van der Waals surface area contributed by atoms with E-state index in [0.29, 0.717) is 23.7 Å². The van der Waals surface area contributed by atoms with Crippen molar-refractivity contribution in [3.8, 4) is 0 Å². The molecule has 1 fully saturated rings. The fourth-order valence-corrected chi connectivity index (χ4v) is 2.57. The molecule has 0 saturated carbocycles. The van der Waals surface area contributed by atoms with Gasteiger partial charge in [0.15, 0.2) is 0 Å². The van der Waals surface area contributed by atoms with Gasteiger partial charge in [0, 0.05) is 25.4 Å². The Balaban J connectivity index is 1.78. The van der Waals surface area contributed by atoms with E-state index in [2.05, 4.69) is 15.4 Å². The SMILES string of the molecule is COC(=O)c1ccc(C)c(NC(=O)NCCCC2CCOC2)c1. The summed E-state index contributed by atoms with van der Waals surface area (Å²) in [6, 6.07) is 4.81. The fourth-order valence-electron chi connectivity index (χ4n) is 2.57. The van der Waals surface area contributed by atoms with Gasteiger partial charge in [0.2, 0.25) is 0 Å². The van der Waals surface area contributed by atoms with Crippen molar-refractivity contribution >= 4 is 17.7 Å². The van der Waals surface area contributed by atoms with E-state index in [0.717, 1.165) is 38.0 Å². The number of hydrogen-bond acceptors (Lipinski definition) is 4. The summed E-state index contributed by atoms with van der Waals surface area (Å²) in [7, 11) is 1.33. The van der Waals surface area contributed by atoms with E-state index in [-0.39, 0.29) is 6.03 Å². The molecule has 23 heavy (non-hydrogen) atoms. The highest BCUT2D eigenvalue weighted by Gasteiger charge is 2.15. The first-order valence-corrected chi connectivity index (χ1v) is 7.91. The van der Waals surface area contributed by atoms with Gasteiger partial charge in [0.1, 0.15) is 0 Å². The zero-order valence-corrected chi connectivity index (χ0v) is 13.7. The van der Waals surface area contributed by atoms with Gasteiger partial charge < -0.3 is 20.1 Å². The van der Waals surface area contributed by atoms with Crippen LogP contribution in [0.3, 0.4) is 0 Å². The average Bonchev–Trinajstić information content (AvgIpc) is 3.06. The van der Waals surface area contributed by atoms with E-state index < -0.39 is 5.97 Å². The normalized spacial score (nSPS) is 16.9. The highest BCUT2D eigenvalue weighted by molar-refractivity contribution is 5.94. The minimum absolute atomic E-state index is 0.266. The summed E-state index contributed by atoms with van der Waals surface area (Å²) >= 11 is 0. The van der Waals surface area contributed by atoms with E-state index in [1.54, 1.807) is 18.2 Å². The molecule has 2 rings (SSSR count). The van der Waals surface area contributed by atoms with Crippen molar-refractivity contribution < 1.29 is 19.1 Å². The number of methoxy groups -OCH3 is 1. The van der Waals surface area contributed by atoms with Crippen molar-refractivity contribution in [1.29, 1.82) is 0 Å². The van der Waals surface area contributed by atoms with Crippen LogP contribution in [-0.4, -0.2) is 38.9 Å². The third-order valence-electron chi connectivity index (χ3n) is 4.01. The van der Waals surface area contributed by atoms with Gasteiger partial charge >= 0.3 is 12.0 Å². The molecule has 6 heteroatoms. The maximum absolute atomic E-state index is 11.9. The number of urea groups is 1. The minimum Gasteiger partial charge on any atom is -0.465 e. The number of aryl methyl sites for hydroxylation is 1. The highest BCUT2D eigenvalue weighted by atomic mass is 16.5. The zero-order chi connectivity index (χ0) is 16.7. The molecule has 1 aliphatic heterocycles. The summed E-state index contributed by atoms with van der Waals surface area (Å²) in [4.78, 5) is 23.5. The lowest BCUT2D eigenvalue weighted by Crippen LogP contribution is -2.30. The highest BCUT2D eigenvalue weighted by Crippen LogP contribution is 2.18. The smallest absolute Gasteiger partial charge is 0.337 e. The molecule has 2 N–H and O–H groups in total. The first-order chi connectivity index (χ1) is 11.1. The number of anilines is 1. The van der Waals surface area contributed by atoms with Crippen LogP contribution in [-0.2, 0) is 9.47 Å². The van der Waals surface area contributed by atoms with Crippen molar-refractivity contribution in [2.45, 2.75) is 26.2 Å². The zero-order valence-electron chi connectivity index (χ0n) is 13.7. The van der Waals surface area contributed by atoms with E-state index in [1.807, 2.05) is 6.92 Å². The van der Waals surface area contributed by atoms with Crippen LogP contribution in [0.25, 0.3) is 0 Å². The van der Waals surface area contributed by atoms with Crippen molar-refractivity contribution in [2.24, 2.45) is 5.92 Å². The molecule has 1 heterocycles. The summed E-state index contributed by atoms with van der Waals surface area (Å²) in [6.07, 6.45) is 3.12. The molecule has 1 aromatic rings. The van der Waals surface area contributed by atoms with Gasteiger partial charge in [0.25, 0.3) is 0 Å². The van der Waals surface area contributed by atoms with Gasteiger partial charge in [-0.25, -0.2) is 9.59 Å². The number of nitrogens with one attached hydrogen (secondary N) is 2. The van der Waals surface area contributed by atoms with Crippen LogP contribution < -0.4 is 10.6 Å². The van der Waals surface area contributed by atoms with E-state index in [1.165, 1.54) is 7.11 Å². The Morgan fingerprint density at radius 1 is 1.39 bits per heavy atom. The summed E-state index contributed by atoms with van der Waals surface area (Å²) in [5.41, 5.74) is 1.90. The van der Waals surface area contributed by atoms with Gasteiger partial charge in [-0.3, -0.25) is 0 Å². The number of carbonyl (C=O) groups excluding carboxylic acids is 2. The van der Waals surface area contributed by atoms with Crippen LogP contribution in [0, 0.1) is 12.8 Å². The number of hydrogen-bond donors (Lipinski definition) is 2.